The van der Waals surface area contributed by atoms with E-state index in [0.29, 0.717) is 19.3 Å². The van der Waals surface area contributed by atoms with E-state index in [-0.39, 0.29) is 24.4 Å². The minimum absolute atomic E-state index is 0.0498. The fourth-order valence-electron chi connectivity index (χ4n) is 3.69. The minimum Gasteiger partial charge on any atom is -0.445 e. The van der Waals surface area contributed by atoms with Crippen LogP contribution in [-0.4, -0.2) is 48.5 Å². The molecule has 9 heteroatoms. The summed E-state index contributed by atoms with van der Waals surface area (Å²) in [5, 5.41) is 7.94. The molecule has 3 N–H and O–H groups in total. The molecular formula is C27H42FN3O5. The molecular weight excluding hydrogens is 465 g/mol. The summed E-state index contributed by atoms with van der Waals surface area (Å²) in [5.74, 6) is -1.60. The molecule has 202 valence electrons. The second-order valence-corrected chi connectivity index (χ2v) is 10.4. The van der Waals surface area contributed by atoms with Crippen LogP contribution in [-0.2, 0) is 25.7 Å². The van der Waals surface area contributed by atoms with E-state index < -0.39 is 48.5 Å². The number of hydrogen-bond acceptors (Lipinski definition) is 5. The molecule has 3 atom stereocenters. The SMILES string of the molecule is CC(C)C[C@H](NC(=O)[C@H](CC(C)C)NC(=O)[C@H](CC(C)C)NC(=O)OCc1ccccc1)C(=O)CF. The predicted octanol–water partition coefficient (Wildman–Crippen LogP) is 3.93. The van der Waals surface area contributed by atoms with E-state index in [2.05, 4.69) is 16.0 Å². The van der Waals surface area contributed by atoms with Gasteiger partial charge in [0.1, 0.15) is 25.4 Å². The summed E-state index contributed by atoms with van der Waals surface area (Å²) >= 11 is 0. The number of halogens is 1. The molecule has 36 heavy (non-hydrogen) atoms. The summed E-state index contributed by atoms with van der Waals surface area (Å²) < 4.78 is 18.3. The van der Waals surface area contributed by atoms with Crippen LogP contribution in [0.15, 0.2) is 30.3 Å². The number of ether oxygens (including phenoxy) is 1. The van der Waals surface area contributed by atoms with Gasteiger partial charge < -0.3 is 20.7 Å². The lowest BCUT2D eigenvalue weighted by atomic mass is 9.98. The van der Waals surface area contributed by atoms with Crippen LogP contribution >= 0.6 is 0 Å². The van der Waals surface area contributed by atoms with Crippen molar-refractivity contribution in [3.8, 4) is 0 Å². The van der Waals surface area contributed by atoms with Gasteiger partial charge in [-0.25, -0.2) is 9.18 Å². The Labute approximate surface area is 214 Å². The van der Waals surface area contributed by atoms with E-state index in [9.17, 15) is 23.6 Å². The molecule has 0 spiro atoms. The Morgan fingerprint density at radius 3 is 1.64 bits per heavy atom. The average Bonchev–Trinajstić information content (AvgIpc) is 2.80. The highest BCUT2D eigenvalue weighted by atomic mass is 19.1. The Bertz CT molecular complexity index is 845. The summed E-state index contributed by atoms with van der Waals surface area (Å²) in [6.45, 7) is 10.2. The van der Waals surface area contributed by atoms with E-state index >= 15 is 0 Å². The number of rotatable bonds is 15. The zero-order chi connectivity index (χ0) is 27.3. The molecule has 0 radical (unpaired) electrons. The maximum Gasteiger partial charge on any atom is 0.408 e. The molecule has 0 saturated carbocycles. The predicted molar refractivity (Wildman–Crippen MR) is 137 cm³/mol. The van der Waals surface area contributed by atoms with Gasteiger partial charge in [0, 0.05) is 0 Å². The molecule has 0 aliphatic carbocycles. The zero-order valence-corrected chi connectivity index (χ0v) is 22.3. The smallest absolute Gasteiger partial charge is 0.408 e. The molecule has 0 unspecified atom stereocenters. The molecule has 0 aliphatic rings. The van der Waals surface area contributed by atoms with Crippen LogP contribution in [0, 0.1) is 17.8 Å². The quantitative estimate of drug-likeness (QED) is 0.333. The summed E-state index contributed by atoms with van der Waals surface area (Å²) in [6.07, 6.45) is 0.193. The number of nitrogens with one attached hydrogen (secondary N) is 3. The first-order chi connectivity index (χ1) is 16.9. The number of hydrogen-bond donors (Lipinski definition) is 3. The number of alkyl carbamates (subject to hydrolysis) is 1. The highest BCUT2D eigenvalue weighted by Gasteiger charge is 2.30. The van der Waals surface area contributed by atoms with E-state index in [4.69, 9.17) is 4.74 Å². The van der Waals surface area contributed by atoms with E-state index in [1.807, 2.05) is 71.9 Å². The second-order valence-electron chi connectivity index (χ2n) is 10.4. The van der Waals surface area contributed by atoms with E-state index in [0.717, 1.165) is 5.56 Å². The van der Waals surface area contributed by atoms with Crippen LogP contribution in [0.25, 0.3) is 0 Å². The lowest BCUT2D eigenvalue weighted by Crippen LogP contribution is -2.56. The molecule has 0 heterocycles. The van der Waals surface area contributed by atoms with Gasteiger partial charge in [0.15, 0.2) is 5.78 Å². The third-order valence-corrected chi connectivity index (χ3v) is 5.41. The average molecular weight is 508 g/mol. The molecule has 0 aliphatic heterocycles. The van der Waals surface area contributed by atoms with Gasteiger partial charge in [-0.15, -0.1) is 0 Å². The van der Waals surface area contributed by atoms with Crippen molar-refractivity contribution in [3.05, 3.63) is 35.9 Å². The summed E-state index contributed by atoms with van der Waals surface area (Å²) in [7, 11) is 0. The lowest BCUT2D eigenvalue weighted by molar-refractivity contribution is -0.133. The highest BCUT2D eigenvalue weighted by molar-refractivity contribution is 5.94. The molecule has 8 nitrogen and oxygen atoms in total. The van der Waals surface area contributed by atoms with Crippen molar-refractivity contribution >= 4 is 23.7 Å². The van der Waals surface area contributed by atoms with E-state index in [1.165, 1.54) is 0 Å². The summed E-state index contributed by atoms with van der Waals surface area (Å²) in [6, 6.07) is 6.32. The third-order valence-electron chi connectivity index (χ3n) is 5.41. The first kappa shape index (κ1) is 31.1. The lowest BCUT2D eigenvalue weighted by Gasteiger charge is -2.27. The Morgan fingerprint density at radius 2 is 1.17 bits per heavy atom. The number of ketones is 1. The van der Waals surface area contributed by atoms with Crippen molar-refractivity contribution in [1.82, 2.24) is 16.0 Å². The van der Waals surface area contributed by atoms with Crippen LogP contribution in [0.3, 0.4) is 0 Å². The summed E-state index contributed by atoms with van der Waals surface area (Å²) in [5.41, 5.74) is 0.810. The van der Waals surface area contributed by atoms with Crippen LogP contribution in [0.2, 0.25) is 0 Å². The van der Waals surface area contributed by atoms with Gasteiger partial charge in [-0.05, 0) is 42.6 Å². The first-order valence-corrected chi connectivity index (χ1v) is 12.6. The Kier molecular flexibility index (Phi) is 13.7. The van der Waals surface area contributed by atoms with Gasteiger partial charge in [-0.1, -0.05) is 71.9 Å². The maximum absolute atomic E-state index is 13.2. The standard InChI is InChI=1S/C27H42FN3O5/c1-17(2)12-21(24(32)15-28)29-25(33)22(13-18(3)4)30-26(34)23(14-19(5)6)31-27(35)36-16-20-10-8-7-9-11-20/h7-11,17-19,21-23H,12-16H2,1-6H3,(H,29,33)(H,30,34)(H,31,35)/t21-,22-,23-/m0/s1. The minimum atomic E-state index is -1.18. The number of benzene rings is 1. The molecule has 0 bridgehead atoms. The van der Waals surface area contributed by atoms with E-state index in [1.54, 1.807) is 0 Å². The van der Waals surface area contributed by atoms with Gasteiger partial charge in [-0.3, -0.25) is 14.4 Å². The molecule has 3 amide bonds. The van der Waals surface area contributed by atoms with Crippen molar-refractivity contribution in [2.75, 3.05) is 6.67 Å². The van der Waals surface area contributed by atoms with Crippen molar-refractivity contribution in [1.29, 1.82) is 0 Å². The van der Waals surface area contributed by atoms with Crippen LogP contribution in [0.4, 0.5) is 9.18 Å². The van der Waals surface area contributed by atoms with Gasteiger partial charge in [-0.2, -0.15) is 0 Å². The molecule has 1 aromatic rings. The number of carbonyl (C=O) groups is 4. The zero-order valence-electron chi connectivity index (χ0n) is 22.3. The Balaban J connectivity index is 2.91. The van der Waals surface area contributed by atoms with Crippen molar-refractivity contribution in [2.24, 2.45) is 17.8 Å². The molecule has 1 aromatic carbocycles. The maximum atomic E-state index is 13.2. The normalized spacial score (nSPS) is 13.7. The Hall–Kier alpha value is -2.97. The van der Waals surface area contributed by atoms with Gasteiger partial charge in [0.25, 0.3) is 0 Å². The van der Waals surface area contributed by atoms with Crippen molar-refractivity contribution in [2.45, 2.75) is 85.5 Å². The molecule has 0 fully saturated rings. The first-order valence-electron chi connectivity index (χ1n) is 12.6. The van der Waals surface area contributed by atoms with Gasteiger partial charge >= 0.3 is 6.09 Å². The largest absolute Gasteiger partial charge is 0.445 e. The fraction of sp³-hybridized carbons (Fsp3) is 0.630. The molecule has 1 rings (SSSR count). The van der Waals surface area contributed by atoms with Gasteiger partial charge in [0.2, 0.25) is 11.8 Å². The summed E-state index contributed by atoms with van der Waals surface area (Å²) in [4.78, 5) is 50.6. The third kappa shape index (κ3) is 12.1. The topological polar surface area (TPSA) is 114 Å². The second kappa shape index (κ2) is 15.9. The Morgan fingerprint density at radius 1 is 0.722 bits per heavy atom. The fourth-order valence-corrected chi connectivity index (χ4v) is 3.69. The number of amides is 3. The van der Waals surface area contributed by atoms with Crippen LogP contribution in [0.1, 0.15) is 66.4 Å². The highest BCUT2D eigenvalue weighted by Crippen LogP contribution is 2.12. The van der Waals surface area contributed by atoms with Crippen molar-refractivity contribution in [3.63, 3.8) is 0 Å². The van der Waals surface area contributed by atoms with Crippen LogP contribution < -0.4 is 16.0 Å². The van der Waals surface area contributed by atoms with Gasteiger partial charge in [0.05, 0.1) is 6.04 Å². The van der Waals surface area contributed by atoms with Crippen molar-refractivity contribution < 1.29 is 28.3 Å². The monoisotopic (exact) mass is 507 g/mol. The number of carbonyl (C=O) groups excluding carboxylic acids is 4. The van der Waals surface area contributed by atoms with Crippen LogP contribution in [0.5, 0.6) is 0 Å². The number of alkyl halides is 1. The molecule has 0 saturated heterocycles. The molecule has 0 aromatic heterocycles. The number of Topliss-reactive ketones (excluding diaryl/α,β-unsaturated/α-hetero) is 1.